The molecule has 0 aliphatic heterocycles. The summed E-state index contributed by atoms with van der Waals surface area (Å²) in [4.78, 5) is 0. The van der Waals surface area contributed by atoms with E-state index in [-0.39, 0.29) is 0 Å². The van der Waals surface area contributed by atoms with Gasteiger partial charge in [-0.3, -0.25) is 0 Å². The molecule has 102 valence electrons. The van der Waals surface area contributed by atoms with Crippen LogP contribution in [0.1, 0.15) is 11.1 Å². The van der Waals surface area contributed by atoms with Gasteiger partial charge in [0.1, 0.15) is 6.07 Å². The zero-order valence-electron chi connectivity index (χ0n) is 11.2. The number of aromatic nitrogens is 2. The standard InChI is InChI=1S/C17H12ClN3/c18-9-13-6-7-17(15(8-13)10-19)21-12-16(11-20-21)14-4-2-1-3-5-14/h1-8,11-12H,9H2. The maximum absolute atomic E-state index is 9.29. The zero-order chi connectivity index (χ0) is 14.7. The minimum Gasteiger partial charge on any atom is -0.239 e. The van der Waals surface area contributed by atoms with Gasteiger partial charge in [0.15, 0.2) is 0 Å². The summed E-state index contributed by atoms with van der Waals surface area (Å²) in [7, 11) is 0. The van der Waals surface area contributed by atoms with E-state index in [0.717, 1.165) is 22.4 Å². The lowest BCUT2D eigenvalue weighted by atomic mass is 10.1. The predicted octanol–water partition coefficient (Wildman–Crippen LogP) is 4.15. The van der Waals surface area contributed by atoms with Crippen LogP contribution < -0.4 is 0 Å². The third kappa shape index (κ3) is 2.67. The Bertz CT molecular complexity index is 800. The first-order valence-corrected chi connectivity index (χ1v) is 7.05. The van der Waals surface area contributed by atoms with Crippen LogP contribution in [0.25, 0.3) is 16.8 Å². The number of alkyl halides is 1. The number of rotatable bonds is 3. The minimum atomic E-state index is 0.392. The first kappa shape index (κ1) is 13.4. The fourth-order valence-corrected chi connectivity index (χ4v) is 2.36. The lowest BCUT2D eigenvalue weighted by Gasteiger charge is -2.05. The lowest BCUT2D eigenvalue weighted by molar-refractivity contribution is 0.876. The van der Waals surface area contributed by atoms with E-state index in [1.165, 1.54) is 0 Å². The van der Waals surface area contributed by atoms with Gasteiger partial charge in [0.25, 0.3) is 0 Å². The number of hydrogen-bond donors (Lipinski definition) is 0. The lowest BCUT2D eigenvalue weighted by Crippen LogP contribution is -1.98. The molecule has 0 N–H and O–H groups in total. The molecule has 4 heteroatoms. The van der Waals surface area contributed by atoms with Crippen LogP contribution in [0.2, 0.25) is 0 Å². The van der Waals surface area contributed by atoms with Crippen LogP contribution in [0.5, 0.6) is 0 Å². The van der Waals surface area contributed by atoms with E-state index in [1.54, 1.807) is 16.9 Å². The number of benzene rings is 2. The molecule has 3 rings (SSSR count). The van der Waals surface area contributed by atoms with Crippen LogP contribution in [-0.4, -0.2) is 9.78 Å². The van der Waals surface area contributed by atoms with Crippen LogP contribution in [0, 0.1) is 11.3 Å². The van der Waals surface area contributed by atoms with E-state index in [0.29, 0.717) is 11.4 Å². The smallest absolute Gasteiger partial charge is 0.101 e. The Kier molecular flexibility index (Phi) is 3.72. The van der Waals surface area contributed by atoms with Crippen molar-refractivity contribution in [3.05, 3.63) is 72.1 Å². The molecule has 0 atom stereocenters. The summed E-state index contributed by atoms with van der Waals surface area (Å²) in [5.74, 6) is 0.392. The monoisotopic (exact) mass is 293 g/mol. The van der Waals surface area contributed by atoms with Gasteiger partial charge in [0, 0.05) is 17.6 Å². The largest absolute Gasteiger partial charge is 0.239 e. The van der Waals surface area contributed by atoms with Crippen LogP contribution in [0.3, 0.4) is 0 Å². The molecule has 2 aromatic carbocycles. The Morgan fingerprint density at radius 3 is 2.62 bits per heavy atom. The fourth-order valence-electron chi connectivity index (χ4n) is 2.19. The van der Waals surface area contributed by atoms with Gasteiger partial charge in [0.2, 0.25) is 0 Å². The molecule has 0 amide bonds. The molecule has 1 heterocycles. The molecule has 3 aromatic rings. The summed E-state index contributed by atoms with van der Waals surface area (Å²) < 4.78 is 1.72. The maximum atomic E-state index is 9.29. The highest BCUT2D eigenvalue weighted by atomic mass is 35.5. The molecule has 0 saturated carbocycles. The molecule has 3 nitrogen and oxygen atoms in total. The molecule has 0 aliphatic carbocycles. The molecule has 0 unspecified atom stereocenters. The highest BCUT2D eigenvalue weighted by Crippen LogP contribution is 2.22. The average Bonchev–Trinajstić information content (AvgIpc) is 3.04. The summed E-state index contributed by atoms with van der Waals surface area (Å²) in [5.41, 5.74) is 4.36. The van der Waals surface area contributed by atoms with E-state index in [9.17, 15) is 5.26 Å². The van der Waals surface area contributed by atoms with E-state index < -0.39 is 0 Å². The van der Waals surface area contributed by atoms with Crippen molar-refractivity contribution >= 4 is 11.6 Å². The van der Waals surface area contributed by atoms with Gasteiger partial charge in [-0.25, -0.2) is 4.68 Å². The number of nitrogens with zero attached hydrogens (tertiary/aromatic N) is 3. The number of halogens is 1. The zero-order valence-corrected chi connectivity index (χ0v) is 12.0. The Morgan fingerprint density at radius 2 is 1.90 bits per heavy atom. The molecule has 0 bridgehead atoms. The normalized spacial score (nSPS) is 10.3. The van der Waals surface area contributed by atoms with Crippen molar-refractivity contribution in [2.24, 2.45) is 0 Å². The highest BCUT2D eigenvalue weighted by molar-refractivity contribution is 6.17. The van der Waals surface area contributed by atoms with Crippen molar-refractivity contribution in [1.82, 2.24) is 9.78 Å². The maximum Gasteiger partial charge on any atom is 0.101 e. The van der Waals surface area contributed by atoms with Crippen LogP contribution >= 0.6 is 11.6 Å². The molecular weight excluding hydrogens is 282 g/mol. The number of hydrogen-bond acceptors (Lipinski definition) is 2. The molecule has 0 saturated heterocycles. The molecule has 0 fully saturated rings. The Hall–Kier alpha value is -2.57. The van der Waals surface area contributed by atoms with Crippen molar-refractivity contribution in [1.29, 1.82) is 5.26 Å². The highest BCUT2D eigenvalue weighted by Gasteiger charge is 2.08. The van der Waals surface area contributed by atoms with Gasteiger partial charge >= 0.3 is 0 Å². The molecule has 0 aliphatic rings. The quantitative estimate of drug-likeness (QED) is 0.681. The van der Waals surface area contributed by atoms with Gasteiger partial charge in [-0.2, -0.15) is 10.4 Å². The van der Waals surface area contributed by atoms with Crippen molar-refractivity contribution in [3.63, 3.8) is 0 Å². The number of nitriles is 1. The second-order valence-corrected chi connectivity index (χ2v) is 4.90. The van der Waals surface area contributed by atoms with Gasteiger partial charge in [-0.1, -0.05) is 36.4 Å². The Morgan fingerprint density at radius 1 is 1.10 bits per heavy atom. The summed E-state index contributed by atoms with van der Waals surface area (Å²) >= 11 is 5.81. The van der Waals surface area contributed by atoms with Crippen LogP contribution in [-0.2, 0) is 5.88 Å². The Balaban J connectivity index is 2.03. The van der Waals surface area contributed by atoms with E-state index in [1.807, 2.05) is 48.7 Å². The second-order valence-electron chi connectivity index (χ2n) is 4.64. The molecular formula is C17H12ClN3. The topological polar surface area (TPSA) is 41.6 Å². The molecule has 0 spiro atoms. The van der Waals surface area contributed by atoms with E-state index in [4.69, 9.17) is 11.6 Å². The van der Waals surface area contributed by atoms with Crippen molar-refractivity contribution < 1.29 is 0 Å². The second kappa shape index (κ2) is 5.82. The predicted molar refractivity (Wildman–Crippen MR) is 83.3 cm³/mol. The first-order chi connectivity index (χ1) is 10.3. The summed E-state index contributed by atoms with van der Waals surface area (Å²) in [6.07, 6.45) is 3.72. The summed E-state index contributed by atoms with van der Waals surface area (Å²) in [5, 5.41) is 13.6. The van der Waals surface area contributed by atoms with E-state index in [2.05, 4.69) is 11.2 Å². The Labute approximate surface area is 128 Å². The van der Waals surface area contributed by atoms with Gasteiger partial charge < -0.3 is 0 Å². The molecule has 21 heavy (non-hydrogen) atoms. The molecule has 0 radical (unpaired) electrons. The third-order valence-electron chi connectivity index (χ3n) is 3.27. The van der Waals surface area contributed by atoms with Gasteiger partial charge in [-0.05, 0) is 23.3 Å². The summed E-state index contributed by atoms with van der Waals surface area (Å²) in [6.45, 7) is 0. The van der Waals surface area contributed by atoms with Crippen molar-refractivity contribution in [2.45, 2.75) is 5.88 Å². The third-order valence-corrected chi connectivity index (χ3v) is 3.58. The fraction of sp³-hybridized carbons (Fsp3) is 0.0588. The van der Waals surface area contributed by atoms with Crippen LogP contribution in [0.4, 0.5) is 0 Å². The van der Waals surface area contributed by atoms with Crippen LogP contribution in [0.15, 0.2) is 60.9 Å². The molecule has 1 aromatic heterocycles. The SMILES string of the molecule is N#Cc1cc(CCl)ccc1-n1cc(-c2ccccc2)cn1. The average molecular weight is 294 g/mol. The minimum absolute atomic E-state index is 0.392. The van der Waals surface area contributed by atoms with Crippen molar-refractivity contribution in [2.75, 3.05) is 0 Å². The summed E-state index contributed by atoms with van der Waals surface area (Å²) in [6, 6.07) is 17.8. The van der Waals surface area contributed by atoms with E-state index >= 15 is 0 Å². The van der Waals surface area contributed by atoms with Gasteiger partial charge in [0.05, 0.1) is 17.4 Å². The van der Waals surface area contributed by atoms with Gasteiger partial charge in [-0.15, -0.1) is 11.6 Å². The first-order valence-electron chi connectivity index (χ1n) is 6.51. The van der Waals surface area contributed by atoms with Crippen molar-refractivity contribution in [3.8, 4) is 22.9 Å².